The molecule has 7 heteroatoms. The highest BCUT2D eigenvalue weighted by Crippen LogP contribution is 2.40. The fourth-order valence-corrected chi connectivity index (χ4v) is 3.37. The molecule has 140 valence electrons. The van der Waals surface area contributed by atoms with E-state index in [0.29, 0.717) is 17.2 Å². The van der Waals surface area contributed by atoms with E-state index in [1.807, 2.05) is 54.6 Å². The summed E-state index contributed by atoms with van der Waals surface area (Å²) in [5.74, 6) is 0.260. The van der Waals surface area contributed by atoms with E-state index in [4.69, 9.17) is 0 Å². The Hall–Kier alpha value is -3.06. The predicted molar refractivity (Wildman–Crippen MR) is 112 cm³/mol. The number of alkyl halides is 1. The SMILES string of the molecule is CC(Br)C(=O)N1c2ccccc2N(C)C(=O)c2cnc(-c3ccccc3)nc21. The highest BCUT2D eigenvalue weighted by molar-refractivity contribution is 9.10. The number of carbonyl (C=O) groups excluding carboxylic acids is 2. The van der Waals surface area contributed by atoms with E-state index >= 15 is 0 Å². The third kappa shape index (κ3) is 2.97. The van der Waals surface area contributed by atoms with Crippen LogP contribution in [0.3, 0.4) is 0 Å². The Labute approximate surface area is 171 Å². The number of amides is 2. The molecule has 0 spiro atoms. The van der Waals surface area contributed by atoms with E-state index in [2.05, 4.69) is 25.9 Å². The van der Waals surface area contributed by atoms with Gasteiger partial charge in [-0.2, -0.15) is 0 Å². The number of hydrogen-bond acceptors (Lipinski definition) is 4. The molecule has 1 aliphatic heterocycles. The molecule has 3 aromatic rings. The topological polar surface area (TPSA) is 66.4 Å². The minimum Gasteiger partial charge on any atom is -0.309 e. The molecule has 6 nitrogen and oxygen atoms in total. The average Bonchev–Trinajstić information content (AvgIpc) is 2.82. The van der Waals surface area contributed by atoms with Crippen molar-refractivity contribution in [3.63, 3.8) is 0 Å². The van der Waals surface area contributed by atoms with Crippen molar-refractivity contribution >= 4 is 44.9 Å². The van der Waals surface area contributed by atoms with Crippen LogP contribution in [-0.2, 0) is 4.79 Å². The van der Waals surface area contributed by atoms with Crippen LogP contribution in [0.5, 0.6) is 0 Å². The summed E-state index contributed by atoms with van der Waals surface area (Å²) >= 11 is 3.37. The van der Waals surface area contributed by atoms with Crippen LogP contribution in [-0.4, -0.2) is 33.7 Å². The van der Waals surface area contributed by atoms with Crippen molar-refractivity contribution in [2.45, 2.75) is 11.8 Å². The molecular formula is C21H17BrN4O2. The number of anilines is 3. The van der Waals surface area contributed by atoms with Crippen molar-refractivity contribution < 1.29 is 9.59 Å². The monoisotopic (exact) mass is 436 g/mol. The first-order valence-corrected chi connectivity index (χ1v) is 9.68. The summed E-state index contributed by atoms with van der Waals surface area (Å²) in [6, 6.07) is 16.8. The van der Waals surface area contributed by atoms with E-state index in [0.717, 1.165) is 5.56 Å². The zero-order valence-electron chi connectivity index (χ0n) is 15.3. The fourth-order valence-electron chi connectivity index (χ4n) is 3.16. The van der Waals surface area contributed by atoms with Gasteiger partial charge in [-0.15, -0.1) is 0 Å². The van der Waals surface area contributed by atoms with Crippen molar-refractivity contribution in [2.24, 2.45) is 0 Å². The van der Waals surface area contributed by atoms with Crippen molar-refractivity contribution in [3.05, 3.63) is 66.4 Å². The van der Waals surface area contributed by atoms with Gasteiger partial charge in [-0.3, -0.25) is 14.5 Å². The molecule has 1 aliphatic rings. The summed E-state index contributed by atoms with van der Waals surface area (Å²) in [6.07, 6.45) is 1.49. The number of halogens is 1. The smallest absolute Gasteiger partial charge is 0.263 e. The zero-order valence-corrected chi connectivity index (χ0v) is 16.9. The molecule has 2 heterocycles. The average molecular weight is 437 g/mol. The molecule has 2 aromatic carbocycles. The normalized spacial score (nSPS) is 14.2. The predicted octanol–water partition coefficient (Wildman–Crippen LogP) is 4.18. The van der Waals surface area contributed by atoms with Gasteiger partial charge in [0.25, 0.3) is 5.91 Å². The molecule has 1 atom stereocenters. The van der Waals surface area contributed by atoms with Crippen LogP contribution in [0.2, 0.25) is 0 Å². The van der Waals surface area contributed by atoms with Crippen LogP contribution in [0, 0.1) is 0 Å². The maximum atomic E-state index is 13.1. The Morgan fingerprint density at radius 2 is 1.68 bits per heavy atom. The van der Waals surface area contributed by atoms with Crippen LogP contribution >= 0.6 is 15.9 Å². The van der Waals surface area contributed by atoms with Gasteiger partial charge in [-0.25, -0.2) is 9.97 Å². The number of hydrogen-bond donors (Lipinski definition) is 0. The summed E-state index contributed by atoms with van der Waals surface area (Å²) in [5, 5.41) is 0. The number of para-hydroxylation sites is 2. The fraction of sp³-hybridized carbons (Fsp3) is 0.143. The van der Waals surface area contributed by atoms with Crippen LogP contribution in [0.15, 0.2) is 60.8 Å². The Kier molecular flexibility index (Phi) is 4.68. The summed E-state index contributed by atoms with van der Waals surface area (Å²) < 4.78 is 0. The molecular weight excluding hydrogens is 420 g/mol. The van der Waals surface area contributed by atoms with Crippen molar-refractivity contribution in [1.82, 2.24) is 9.97 Å². The highest BCUT2D eigenvalue weighted by Gasteiger charge is 2.35. The van der Waals surface area contributed by atoms with Gasteiger partial charge in [0.15, 0.2) is 11.6 Å². The molecule has 2 amide bonds. The third-order valence-corrected chi connectivity index (χ3v) is 4.98. The molecule has 0 saturated carbocycles. The lowest BCUT2D eigenvalue weighted by atomic mass is 10.2. The van der Waals surface area contributed by atoms with E-state index in [-0.39, 0.29) is 23.2 Å². The van der Waals surface area contributed by atoms with Crippen LogP contribution < -0.4 is 9.80 Å². The van der Waals surface area contributed by atoms with Crippen molar-refractivity contribution in [3.8, 4) is 11.4 Å². The number of rotatable bonds is 2. The Balaban J connectivity index is 2.00. The molecule has 0 saturated heterocycles. The zero-order chi connectivity index (χ0) is 19.8. The molecule has 0 bridgehead atoms. The lowest BCUT2D eigenvalue weighted by Crippen LogP contribution is -2.32. The number of benzene rings is 2. The minimum absolute atomic E-state index is 0.213. The molecule has 28 heavy (non-hydrogen) atoms. The number of aromatic nitrogens is 2. The molecule has 0 radical (unpaired) electrons. The molecule has 0 N–H and O–H groups in total. The molecule has 1 unspecified atom stereocenters. The molecule has 0 aliphatic carbocycles. The van der Waals surface area contributed by atoms with Gasteiger partial charge in [0.1, 0.15) is 5.56 Å². The van der Waals surface area contributed by atoms with E-state index in [1.165, 1.54) is 16.0 Å². The minimum atomic E-state index is -0.456. The highest BCUT2D eigenvalue weighted by atomic mass is 79.9. The van der Waals surface area contributed by atoms with Crippen molar-refractivity contribution in [1.29, 1.82) is 0 Å². The Morgan fingerprint density at radius 1 is 1.04 bits per heavy atom. The summed E-state index contributed by atoms with van der Waals surface area (Å²) in [7, 11) is 1.68. The molecule has 4 rings (SSSR count). The Morgan fingerprint density at radius 3 is 2.36 bits per heavy atom. The second-order valence-corrected chi connectivity index (χ2v) is 7.81. The van der Waals surface area contributed by atoms with Gasteiger partial charge in [-0.05, 0) is 19.1 Å². The number of carbonyl (C=O) groups is 2. The second-order valence-electron chi connectivity index (χ2n) is 6.44. The maximum Gasteiger partial charge on any atom is 0.263 e. The number of fused-ring (bicyclic) bond motifs is 2. The van der Waals surface area contributed by atoms with Gasteiger partial charge in [0.05, 0.1) is 16.2 Å². The van der Waals surface area contributed by atoms with Gasteiger partial charge >= 0.3 is 0 Å². The van der Waals surface area contributed by atoms with Gasteiger partial charge in [0, 0.05) is 18.8 Å². The first kappa shape index (κ1) is 18.3. The quantitative estimate of drug-likeness (QED) is 0.565. The summed E-state index contributed by atoms with van der Waals surface area (Å²) in [5.41, 5.74) is 2.32. The van der Waals surface area contributed by atoms with Gasteiger partial charge in [-0.1, -0.05) is 58.4 Å². The van der Waals surface area contributed by atoms with Crippen LogP contribution in [0.4, 0.5) is 17.2 Å². The van der Waals surface area contributed by atoms with Crippen LogP contribution in [0.1, 0.15) is 17.3 Å². The first-order chi connectivity index (χ1) is 13.5. The lowest BCUT2D eigenvalue weighted by molar-refractivity contribution is -0.117. The standard InChI is InChI=1S/C21H17BrN4O2/c1-13(22)20(27)26-17-11-7-6-10-16(17)25(2)21(28)15-12-23-18(24-19(15)26)14-8-4-3-5-9-14/h3-13H,1-2H3. The van der Waals surface area contributed by atoms with Crippen molar-refractivity contribution in [2.75, 3.05) is 16.8 Å². The van der Waals surface area contributed by atoms with E-state index in [9.17, 15) is 9.59 Å². The third-order valence-electron chi connectivity index (χ3n) is 4.59. The first-order valence-electron chi connectivity index (χ1n) is 8.76. The lowest BCUT2D eigenvalue weighted by Gasteiger charge is -2.25. The Bertz CT molecular complexity index is 1070. The van der Waals surface area contributed by atoms with Crippen LogP contribution in [0.25, 0.3) is 11.4 Å². The van der Waals surface area contributed by atoms with Gasteiger partial charge in [0.2, 0.25) is 5.91 Å². The largest absolute Gasteiger partial charge is 0.309 e. The van der Waals surface area contributed by atoms with E-state index in [1.54, 1.807) is 14.0 Å². The second kappa shape index (κ2) is 7.16. The summed E-state index contributed by atoms with van der Waals surface area (Å²) in [4.78, 5) is 37.8. The molecule has 1 aromatic heterocycles. The van der Waals surface area contributed by atoms with Gasteiger partial charge < -0.3 is 4.90 Å². The summed E-state index contributed by atoms with van der Waals surface area (Å²) in [6.45, 7) is 1.75. The van der Waals surface area contributed by atoms with E-state index < -0.39 is 4.83 Å². The number of nitrogens with zero attached hydrogens (tertiary/aromatic N) is 4. The molecule has 0 fully saturated rings. The maximum absolute atomic E-state index is 13.1.